The number of nitrogens with one attached hydrogen (secondary N) is 1. The number of rotatable bonds is 4. The molecule has 2 amide bonds. The van der Waals surface area contributed by atoms with Gasteiger partial charge in [-0.05, 0) is 36.4 Å². The van der Waals surface area contributed by atoms with Crippen molar-refractivity contribution in [3.05, 3.63) is 52.5 Å². The highest BCUT2D eigenvalue weighted by molar-refractivity contribution is 7.09. The van der Waals surface area contributed by atoms with Crippen LogP contribution in [0.15, 0.2) is 41.8 Å². The summed E-state index contributed by atoms with van der Waals surface area (Å²) < 4.78 is 13.7. The average Bonchev–Trinajstić information content (AvgIpc) is 3.20. The number of amides is 2. The van der Waals surface area contributed by atoms with Crippen molar-refractivity contribution in [2.75, 3.05) is 5.32 Å². The van der Waals surface area contributed by atoms with Gasteiger partial charge in [0.05, 0.1) is 12.2 Å². The van der Waals surface area contributed by atoms with E-state index in [1.54, 1.807) is 29.5 Å². The quantitative estimate of drug-likeness (QED) is 0.857. The van der Waals surface area contributed by atoms with E-state index in [0.29, 0.717) is 6.54 Å². The Balaban J connectivity index is 1.75. The van der Waals surface area contributed by atoms with E-state index in [1.165, 1.54) is 6.07 Å². The maximum Gasteiger partial charge on any atom is 0.322 e. The summed E-state index contributed by atoms with van der Waals surface area (Å²) in [5.41, 5.74) is 0.238. The fourth-order valence-electron chi connectivity index (χ4n) is 2.90. The molecule has 116 valence electrons. The largest absolute Gasteiger partial charge is 0.322 e. The highest BCUT2D eigenvalue weighted by atomic mass is 32.1. The molecular formula is C17H19FN2OS. The molecule has 1 saturated carbocycles. The van der Waals surface area contributed by atoms with Crippen molar-refractivity contribution in [2.24, 2.45) is 0 Å². The molecule has 1 aliphatic rings. The van der Waals surface area contributed by atoms with E-state index in [-0.39, 0.29) is 17.8 Å². The number of benzene rings is 1. The minimum absolute atomic E-state index is 0.217. The normalized spacial score (nSPS) is 15.0. The molecule has 1 aliphatic carbocycles. The SMILES string of the molecule is O=C(Nc1ccccc1F)N(Cc1cccs1)C1CCCC1. The highest BCUT2D eigenvalue weighted by Gasteiger charge is 2.27. The summed E-state index contributed by atoms with van der Waals surface area (Å²) in [7, 11) is 0. The topological polar surface area (TPSA) is 32.3 Å². The lowest BCUT2D eigenvalue weighted by Gasteiger charge is -2.28. The monoisotopic (exact) mass is 318 g/mol. The van der Waals surface area contributed by atoms with Gasteiger partial charge in [-0.2, -0.15) is 0 Å². The molecule has 1 fully saturated rings. The molecular weight excluding hydrogens is 299 g/mol. The molecule has 5 heteroatoms. The molecule has 0 radical (unpaired) electrons. The first-order valence-electron chi connectivity index (χ1n) is 7.58. The van der Waals surface area contributed by atoms with Gasteiger partial charge in [0.2, 0.25) is 0 Å². The van der Waals surface area contributed by atoms with Gasteiger partial charge in [-0.15, -0.1) is 11.3 Å². The number of carbonyl (C=O) groups is 1. The maximum absolute atomic E-state index is 13.7. The van der Waals surface area contributed by atoms with Gasteiger partial charge in [-0.3, -0.25) is 0 Å². The van der Waals surface area contributed by atoms with Gasteiger partial charge in [0.1, 0.15) is 5.82 Å². The molecule has 1 aromatic carbocycles. The van der Waals surface area contributed by atoms with Gasteiger partial charge in [0, 0.05) is 10.9 Å². The van der Waals surface area contributed by atoms with Crippen molar-refractivity contribution in [1.29, 1.82) is 0 Å². The van der Waals surface area contributed by atoms with Crippen molar-refractivity contribution in [1.82, 2.24) is 4.90 Å². The van der Waals surface area contributed by atoms with Crippen LogP contribution >= 0.6 is 11.3 Å². The number of urea groups is 1. The Morgan fingerprint density at radius 2 is 2.00 bits per heavy atom. The second-order valence-corrected chi connectivity index (χ2v) is 6.59. The molecule has 0 spiro atoms. The fraction of sp³-hybridized carbons (Fsp3) is 0.353. The average molecular weight is 318 g/mol. The zero-order chi connectivity index (χ0) is 15.4. The number of hydrogen-bond donors (Lipinski definition) is 1. The number of halogens is 1. The molecule has 0 aliphatic heterocycles. The van der Waals surface area contributed by atoms with Gasteiger partial charge >= 0.3 is 6.03 Å². The van der Waals surface area contributed by atoms with Crippen molar-refractivity contribution in [3.63, 3.8) is 0 Å². The first-order valence-corrected chi connectivity index (χ1v) is 8.46. The Kier molecular flexibility index (Phi) is 4.73. The number of para-hydroxylation sites is 1. The van der Waals surface area contributed by atoms with Crippen LogP contribution in [0.4, 0.5) is 14.9 Å². The van der Waals surface area contributed by atoms with Crippen molar-refractivity contribution < 1.29 is 9.18 Å². The third kappa shape index (κ3) is 3.47. The fourth-order valence-corrected chi connectivity index (χ4v) is 3.61. The van der Waals surface area contributed by atoms with E-state index < -0.39 is 5.82 Å². The number of thiophene rings is 1. The molecule has 2 aromatic rings. The molecule has 1 aromatic heterocycles. The predicted molar refractivity (Wildman–Crippen MR) is 87.5 cm³/mol. The molecule has 3 rings (SSSR count). The molecule has 1 N–H and O–H groups in total. The lowest BCUT2D eigenvalue weighted by molar-refractivity contribution is 0.185. The summed E-state index contributed by atoms with van der Waals surface area (Å²) in [6, 6.07) is 10.3. The molecule has 0 atom stereocenters. The molecule has 1 heterocycles. The highest BCUT2D eigenvalue weighted by Crippen LogP contribution is 2.27. The molecule has 0 bridgehead atoms. The molecule has 22 heavy (non-hydrogen) atoms. The van der Waals surface area contributed by atoms with Crippen LogP contribution in [0.2, 0.25) is 0 Å². The van der Waals surface area contributed by atoms with Gasteiger partial charge in [0.25, 0.3) is 0 Å². The lowest BCUT2D eigenvalue weighted by Crippen LogP contribution is -2.41. The first kappa shape index (κ1) is 15.0. The van der Waals surface area contributed by atoms with E-state index in [9.17, 15) is 9.18 Å². The van der Waals surface area contributed by atoms with Gasteiger partial charge in [-0.1, -0.05) is 31.0 Å². The van der Waals surface area contributed by atoms with Crippen molar-refractivity contribution >= 4 is 23.1 Å². The van der Waals surface area contributed by atoms with Crippen molar-refractivity contribution in [3.8, 4) is 0 Å². The van der Waals surface area contributed by atoms with Crippen LogP contribution in [0, 0.1) is 5.82 Å². The van der Waals surface area contributed by atoms with Crippen LogP contribution < -0.4 is 5.32 Å². The van der Waals surface area contributed by atoms with Crippen LogP contribution in [0.1, 0.15) is 30.6 Å². The Labute approximate surface area is 133 Å². The Morgan fingerprint density at radius 3 is 2.68 bits per heavy atom. The second kappa shape index (κ2) is 6.92. The van der Waals surface area contributed by atoms with Gasteiger partial charge in [0.15, 0.2) is 0 Å². The zero-order valence-corrected chi connectivity index (χ0v) is 13.1. The third-order valence-corrected chi connectivity index (χ3v) is 4.91. The van der Waals surface area contributed by atoms with E-state index >= 15 is 0 Å². The summed E-state index contributed by atoms with van der Waals surface area (Å²) in [5.74, 6) is -0.404. The summed E-state index contributed by atoms with van der Waals surface area (Å²) >= 11 is 1.64. The smallest absolute Gasteiger partial charge is 0.316 e. The van der Waals surface area contributed by atoms with Gasteiger partial charge < -0.3 is 10.2 Å². The minimum atomic E-state index is -0.404. The zero-order valence-electron chi connectivity index (χ0n) is 12.3. The maximum atomic E-state index is 13.7. The standard InChI is InChI=1S/C17H19FN2OS/c18-15-9-3-4-10-16(15)19-17(21)20(13-6-1-2-7-13)12-14-8-5-11-22-14/h3-5,8-11,13H,1-2,6-7,12H2,(H,19,21). The summed E-state index contributed by atoms with van der Waals surface area (Å²) in [6.45, 7) is 0.586. The number of carbonyl (C=O) groups excluding carboxylic acids is 1. The second-order valence-electron chi connectivity index (χ2n) is 5.56. The van der Waals surface area contributed by atoms with Gasteiger partial charge in [-0.25, -0.2) is 9.18 Å². The third-order valence-electron chi connectivity index (χ3n) is 4.05. The van der Waals surface area contributed by atoms with Crippen LogP contribution in [-0.2, 0) is 6.54 Å². The van der Waals surface area contributed by atoms with E-state index in [1.807, 2.05) is 22.4 Å². The van der Waals surface area contributed by atoms with Crippen LogP contribution in [0.5, 0.6) is 0 Å². The Morgan fingerprint density at radius 1 is 1.23 bits per heavy atom. The number of nitrogens with zero attached hydrogens (tertiary/aromatic N) is 1. The van der Waals surface area contributed by atoms with E-state index in [2.05, 4.69) is 5.32 Å². The Hall–Kier alpha value is -1.88. The predicted octanol–water partition coefficient (Wildman–Crippen LogP) is 4.86. The molecule has 0 unspecified atom stereocenters. The van der Waals surface area contributed by atoms with Crippen LogP contribution in [0.25, 0.3) is 0 Å². The van der Waals surface area contributed by atoms with E-state index in [0.717, 1.165) is 30.6 Å². The van der Waals surface area contributed by atoms with Crippen molar-refractivity contribution in [2.45, 2.75) is 38.3 Å². The summed E-state index contributed by atoms with van der Waals surface area (Å²) in [6.07, 6.45) is 4.35. The Bertz CT molecular complexity index is 623. The van der Waals surface area contributed by atoms with Crippen LogP contribution in [0.3, 0.4) is 0 Å². The van der Waals surface area contributed by atoms with Crippen LogP contribution in [-0.4, -0.2) is 17.0 Å². The summed E-state index contributed by atoms with van der Waals surface area (Å²) in [5, 5.41) is 4.73. The molecule has 0 saturated heterocycles. The number of anilines is 1. The first-order chi connectivity index (χ1) is 10.7. The lowest BCUT2D eigenvalue weighted by atomic mass is 10.2. The molecule has 3 nitrogen and oxygen atoms in total. The number of hydrogen-bond acceptors (Lipinski definition) is 2. The minimum Gasteiger partial charge on any atom is -0.316 e. The van der Waals surface area contributed by atoms with E-state index in [4.69, 9.17) is 0 Å². The summed E-state index contributed by atoms with van der Waals surface area (Å²) in [4.78, 5) is 15.6.